The molecule has 1 aliphatic heterocycles. The second-order valence-electron chi connectivity index (χ2n) is 4.05. The average molecular weight is 207 g/mol. The van der Waals surface area contributed by atoms with E-state index in [9.17, 15) is 0 Å². The molecule has 1 aliphatic rings. The van der Waals surface area contributed by atoms with Gasteiger partial charge in [-0.3, -0.25) is 0 Å². The molecule has 0 saturated heterocycles. The molecule has 1 heterocycles. The van der Waals surface area contributed by atoms with Gasteiger partial charge in [0.15, 0.2) is 11.5 Å². The van der Waals surface area contributed by atoms with E-state index >= 15 is 0 Å². The van der Waals surface area contributed by atoms with Gasteiger partial charge in [-0.05, 0) is 31.9 Å². The smallest absolute Gasteiger partial charge is 0.161 e. The molecule has 0 saturated carbocycles. The highest BCUT2D eigenvalue weighted by atomic mass is 16.6. The van der Waals surface area contributed by atoms with E-state index in [0.717, 1.165) is 24.3 Å². The van der Waals surface area contributed by atoms with E-state index in [1.165, 1.54) is 0 Å². The number of nitrogens with two attached hydrogens (primary N) is 1. The maximum Gasteiger partial charge on any atom is 0.161 e. The number of rotatable bonds is 3. The molecule has 1 unspecified atom stereocenters. The normalized spacial score (nSPS) is 21.1. The Morgan fingerprint density at radius 1 is 1.40 bits per heavy atom. The molecule has 1 aromatic carbocycles. The first-order valence-corrected chi connectivity index (χ1v) is 5.40. The summed E-state index contributed by atoms with van der Waals surface area (Å²) in [5.74, 6) is 1.69. The van der Waals surface area contributed by atoms with Crippen molar-refractivity contribution in [2.24, 2.45) is 5.73 Å². The number of ether oxygens (including phenoxy) is 2. The van der Waals surface area contributed by atoms with E-state index in [1.54, 1.807) is 0 Å². The lowest BCUT2D eigenvalue weighted by molar-refractivity contribution is 0.0823. The van der Waals surface area contributed by atoms with Crippen molar-refractivity contribution >= 4 is 0 Å². The highest BCUT2D eigenvalue weighted by Crippen LogP contribution is 2.31. The van der Waals surface area contributed by atoms with Crippen LogP contribution in [-0.2, 0) is 0 Å². The molecule has 0 aliphatic carbocycles. The molecule has 0 amide bonds. The lowest BCUT2D eigenvalue weighted by Gasteiger charge is -2.26. The van der Waals surface area contributed by atoms with Crippen molar-refractivity contribution < 1.29 is 9.47 Å². The number of hydrogen-bond donors (Lipinski definition) is 1. The lowest BCUT2D eigenvalue weighted by atomic mass is 10.1. The second-order valence-corrected chi connectivity index (χ2v) is 4.05. The Balaban J connectivity index is 1.94. The van der Waals surface area contributed by atoms with Gasteiger partial charge in [-0.2, -0.15) is 0 Å². The molecule has 0 bridgehead atoms. The van der Waals surface area contributed by atoms with Crippen LogP contribution in [0, 0.1) is 0 Å². The van der Waals surface area contributed by atoms with Crippen LogP contribution in [0.3, 0.4) is 0 Å². The summed E-state index contributed by atoms with van der Waals surface area (Å²) in [6.45, 7) is 2.64. The van der Waals surface area contributed by atoms with Crippen LogP contribution in [0.25, 0.3) is 0 Å². The van der Waals surface area contributed by atoms with Gasteiger partial charge in [-0.15, -0.1) is 0 Å². The van der Waals surface area contributed by atoms with Crippen molar-refractivity contribution in [1.82, 2.24) is 0 Å². The molecular weight excluding hydrogens is 190 g/mol. The quantitative estimate of drug-likeness (QED) is 0.824. The minimum absolute atomic E-state index is 0.144. The Morgan fingerprint density at radius 3 is 2.87 bits per heavy atom. The number of benzene rings is 1. The van der Waals surface area contributed by atoms with E-state index in [4.69, 9.17) is 15.2 Å². The van der Waals surface area contributed by atoms with Crippen molar-refractivity contribution in [1.29, 1.82) is 0 Å². The fourth-order valence-electron chi connectivity index (χ4n) is 1.65. The van der Waals surface area contributed by atoms with Gasteiger partial charge < -0.3 is 15.2 Å². The van der Waals surface area contributed by atoms with Gasteiger partial charge in [0.1, 0.15) is 12.7 Å². The van der Waals surface area contributed by atoms with Crippen LogP contribution < -0.4 is 15.2 Å². The summed E-state index contributed by atoms with van der Waals surface area (Å²) in [5, 5.41) is 0. The van der Waals surface area contributed by atoms with Crippen LogP contribution in [0.4, 0.5) is 0 Å². The molecule has 2 atom stereocenters. The molecule has 0 fully saturated rings. The van der Waals surface area contributed by atoms with Crippen molar-refractivity contribution in [3.05, 3.63) is 24.3 Å². The largest absolute Gasteiger partial charge is 0.486 e. The van der Waals surface area contributed by atoms with Crippen molar-refractivity contribution in [3.63, 3.8) is 0 Å². The molecule has 82 valence electrons. The average Bonchev–Trinajstić information content (AvgIpc) is 2.26. The van der Waals surface area contributed by atoms with E-state index in [2.05, 4.69) is 0 Å². The number of para-hydroxylation sites is 2. The highest BCUT2D eigenvalue weighted by Gasteiger charge is 2.20. The van der Waals surface area contributed by atoms with E-state index in [-0.39, 0.29) is 12.1 Å². The summed E-state index contributed by atoms with van der Waals surface area (Å²) in [6, 6.07) is 8.00. The van der Waals surface area contributed by atoms with Crippen molar-refractivity contribution in [2.45, 2.75) is 31.9 Å². The third-order valence-electron chi connectivity index (χ3n) is 2.51. The predicted octanol–water partition coefficient (Wildman–Crippen LogP) is 1.95. The van der Waals surface area contributed by atoms with Crippen LogP contribution in [0.5, 0.6) is 11.5 Å². The van der Waals surface area contributed by atoms with E-state index in [1.807, 2.05) is 31.2 Å². The van der Waals surface area contributed by atoms with Crippen molar-refractivity contribution in [2.75, 3.05) is 6.61 Å². The van der Waals surface area contributed by atoms with Crippen molar-refractivity contribution in [3.8, 4) is 11.5 Å². The zero-order valence-corrected chi connectivity index (χ0v) is 8.98. The second kappa shape index (κ2) is 4.53. The summed E-state index contributed by atoms with van der Waals surface area (Å²) in [7, 11) is 0. The van der Waals surface area contributed by atoms with Gasteiger partial charge in [0, 0.05) is 6.04 Å². The molecule has 2 rings (SSSR count). The Hall–Kier alpha value is -1.22. The zero-order valence-electron chi connectivity index (χ0n) is 8.98. The fourth-order valence-corrected chi connectivity index (χ4v) is 1.65. The van der Waals surface area contributed by atoms with Gasteiger partial charge >= 0.3 is 0 Å². The molecule has 3 nitrogen and oxygen atoms in total. The highest BCUT2D eigenvalue weighted by molar-refractivity contribution is 5.40. The Morgan fingerprint density at radius 2 is 2.13 bits per heavy atom. The van der Waals surface area contributed by atoms with Gasteiger partial charge in [0.05, 0.1) is 0 Å². The third-order valence-corrected chi connectivity index (χ3v) is 2.51. The minimum Gasteiger partial charge on any atom is -0.486 e. The van der Waals surface area contributed by atoms with Gasteiger partial charge in [0.25, 0.3) is 0 Å². The Kier molecular flexibility index (Phi) is 3.11. The van der Waals surface area contributed by atoms with Gasteiger partial charge in [0.2, 0.25) is 0 Å². The van der Waals surface area contributed by atoms with Gasteiger partial charge in [-0.25, -0.2) is 0 Å². The first kappa shape index (κ1) is 10.3. The summed E-state index contributed by atoms with van der Waals surface area (Å²) in [4.78, 5) is 0. The first-order valence-electron chi connectivity index (χ1n) is 5.40. The minimum atomic E-state index is 0.144. The zero-order chi connectivity index (χ0) is 10.7. The molecular formula is C12H17NO2. The molecule has 2 N–H and O–H groups in total. The summed E-state index contributed by atoms with van der Waals surface area (Å²) < 4.78 is 11.4. The molecule has 0 aromatic heterocycles. The fraction of sp³-hybridized carbons (Fsp3) is 0.500. The lowest BCUT2D eigenvalue weighted by Crippen LogP contribution is -2.30. The van der Waals surface area contributed by atoms with Gasteiger partial charge in [-0.1, -0.05) is 12.1 Å². The van der Waals surface area contributed by atoms with E-state index < -0.39 is 0 Å². The van der Waals surface area contributed by atoms with Crippen LogP contribution >= 0.6 is 0 Å². The summed E-state index contributed by atoms with van der Waals surface area (Å²) >= 11 is 0. The monoisotopic (exact) mass is 207 g/mol. The van der Waals surface area contributed by atoms with E-state index in [0.29, 0.717) is 6.61 Å². The van der Waals surface area contributed by atoms with Crippen LogP contribution in [0.1, 0.15) is 19.8 Å². The van der Waals surface area contributed by atoms with Crippen LogP contribution in [0.15, 0.2) is 24.3 Å². The molecule has 0 spiro atoms. The topological polar surface area (TPSA) is 44.5 Å². The Labute approximate surface area is 90.2 Å². The molecule has 0 radical (unpaired) electrons. The summed E-state index contributed by atoms with van der Waals surface area (Å²) in [5.41, 5.74) is 5.71. The van der Waals surface area contributed by atoms with Crippen LogP contribution in [0.2, 0.25) is 0 Å². The molecule has 15 heavy (non-hydrogen) atoms. The SMILES string of the molecule is C[C@@H](N)CCC1COc2ccccc2O1. The first-order chi connectivity index (χ1) is 7.25. The number of fused-ring (bicyclic) bond motifs is 1. The molecule has 3 heteroatoms. The number of hydrogen-bond acceptors (Lipinski definition) is 3. The third kappa shape index (κ3) is 2.63. The van der Waals surface area contributed by atoms with Crippen LogP contribution in [-0.4, -0.2) is 18.8 Å². The Bertz CT molecular complexity index is 325. The maximum absolute atomic E-state index is 5.80. The maximum atomic E-state index is 5.80. The standard InChI is InChI=1S/C12H17NO2/c1-9(13)6-7-10-8-14-11-4-2-3-5-12(11)15-10/h2-5,9-10H,6-8,13H2,1H3/t9-,10?/m1/s1. The predicted molar refractivity (Wildman–Crippen MR) is 59.2 cm³/mol. The summed E-state index contributed by atoms with van der Waals surface area (Å²) in [6.07, 6.45) is 2.06. The molecule has 1 aromatic rings.